The topological polar surface area (TPSA) is 82.5 Å². The van der Waals surface area contributed by atoms with E-state index in [2.05, 4.69) is 31.9 Å². The first-order valence-corrected chi connectivity index (χ1v) is 9.70. The molecule has 0 fully saturated rings. The minimum absolute atomic E-state index is 0.534. The molecule has 4 heterocycles. The van der Waals surface area contributed by atoms with Gasteiger partial charge in [-0.05, 0) is 23.6 Å². The smallest absolute Gasteiger partial charge is 0.258 e. The SMILES string of the molecule is C=CCn1c(SCc2noc(-c3ccsc3)n2)nnc1-c1ccncc1. The third-order valence-electron chi connectivity index (χ3n) is 3.53. The summed E-state index contributed by atoms with van der Waals surface area (Å²) in [7, 11) is 0. The number of thioether (sulfide) groups is 1. The molecule has 4 aromatic heterocycles. The van der Waals surface area contributed by atoms with Gasteiger partial charge in [0.05, 0.1) is 11.3 Å². The quantitative estimate of drug-likeness (QED) is 0.354. The van der Waals surface area contributed by atoms with Gasteiger partial charge in [0, 0.05) is 29.9 Å². The fourth-order valence-corrected chi connectivity index (χ4v) is 3.77. The predicted octanol–water partition coefficient (Wildman–Crippen LogP) is 3.93. The van der Waals surface area contributed by atoms with Gasteiger partial charge in [0.2, 0.25) is 0 Å². The van der Waals surface area contributed by atoms with Crippen molar-refractivity contribution in [2.75, 3.05) is 0 Å². The zero-order chi connectivity index (χ0) is 17.8. The van der Waals surface area contributed by atoms with Crippen LogP contribution in [0.3, 0.4) is 0 Å². The number of hydrogen-bond acceptors (Lipinski definition) is 8. The maximum atomic E-state index is 5.32. The highest BCUT2D eigenvalue weighted by molar-refractivity contribution is 7.98. The lowest BCUT2D eigenvalue weighted by Gasteiger charge is -2.06. The molecular weight excluding hydrogens is 368 g/mol. The van der Waals surface area contributed by atoms with Crippen LogP contribution in [0, 0.1) is 0 Å². The van der Waals surface area contributed by atoms with E-state index >= 15 is 0 Å². The third kappa shape index (κ3) is 3.44. The molecule has 0 unspecified atom stereocenters. The Kier molecular flexibility index (Phi) is 4.89. The summed E-state index contributed by atoms with van der Waals surface area (Å²) in [6, 6.07) is 5.77. The van der Waals surface area contributed by atoms with Gasteiger partial charge in [-0.25, -0.2) is 0 Å². The van der Waals surface area contributed by atoms with E-state index < -0.39 is 0 Å². The number of pyridine rings is 1. The Morgan fingerprint density at radius 2 is 2.08 bits per heavy atom. The van der Waals surface area contributed by atoms with E-state index in [-0.39, 0.29) is 0 Å². The van der Waals surface area contributed by atoms with E-state index in [0.29, 0.717) is 24.0 Å². The van der Waals surface area contributed by atoms with Gasteiger partial charge in [0.25, 0.3) is 5.89 Å². The molecule has 0 radical (unpaired) electrons. The monoisotopic (exact) mass is 382 g/mol. The number of aromatic nitrogens is 6. The summed E-state index contributed by atoms with van der Waals surface area (Å²) in [5.41, 5.74) is 1.90. The van der Waals surface area contributed by atoms with Gasteiger partial charge in [0.15, 0.2) is 16.8 Å². The molecule has 0 spiro atoms. The van der Waals surface area contributed by atoms with Crippen molar-refractivity contribution in [1.29, 1.82) is 0 Å². The number of hydrogen-bond donors (Lipinski definition) is 0. The highest BCUT2D eigenvalue weighted by Crippen LogP contribution is 2.27. The van der Waals surface area contributed by atoms with E-state index in [1.165, 1.54) is 11.8 Å². The van der Waals surface area contributed by atoms with Crippen LogP contribution in [-0.2, 0) is 12.3 Å². The predicted molar refractivity (Wildman–Crippen MR) is 101 cm³/mol. The number of allylic oxidation sites excluding steroid dienone is 1. The molecule has 0 atom stereocenters. The van der Waals surface area contributed by atoms with Crippen molar-refractivity contribution in [3.05, 3.63) is 59.8 Å². The van der Waals surface area contributed by atoms with Crippen LogP contribution in [0.4, 0.5) is 0 Å². The number of rotatable bonds is 7. The Labute approximate surface area is 157 Å². The zero-order valence-electron chi connectivity index (χ0n) is 13.6. The lowest BCUT2D eigenvalue weighted by atomic mass is 10.2. The highest BCUT2D eigenvalue weighted by atomic mass is 32.2. The van der Waals surface area contributed by atoms with Crippen LogP contribution in [0.25, 0.3) is 22.8 Å². The van der Waals surface area contributed by atoms with Crippen LogP contribution in [0.15, 0.2) is 63.7 Å². The minimum atomic E-state index is 0.534. The second-order valence-corrected chi connectivity index (χ2v) is 6.98. The largest absolute Gasteiger partial charge is 0.334 e. The summed E-state index contributed by atoms with van der Waals surface area (Å²) >= 11 is 3.10. The number of nitrogens with zero attached hydrogens (tertiary/aromatic N) is 6. The van der Waals surface area contributed by atoms with Crippen molar-refractivity contribution >= 4 is 23.1 Å². The number of thiophene rings is 1. The van der Waals surface area contributed by atoms with Crippen LogP contribution in [0.5, 0.6) is 0 Å². The second kappa shape index (κ2) is 7.63. The molecule has 4 rings (SSSR count). The molecule has 0 aliphatic carbocycles. The van der Waals surface area contributed by atoms with Crippen LogP contribution in [-0.4, -0.2) is 29.9 Å². The molecule has 0 saturated carbocycles. The lowest BCUT2D eigenvalue weighted by molar-refractivity contribution is 0.425. The summed E-state index contributed by atoms with van der Waals surface area (Å²) in [5.74, 6) is 2.47. The van der Waals surface area contributed by atoms with Crippen LogP contribution < -0.4 is 0 Å². The van der Waals surface area contributed by atoms with Crippen molar-refractivity contribution in [1.82, 2.24) is 29.9 Å². The van der Waals surface area contributed by atoms with Crippen molar-refractivity contribution in [2.45, 2.75) is 17.5 Å². The van der Waals surface area contributed by atoms with Crippen LogP contribution >= 0.6 is 23.1 Å². The van der Waals surface area contributed by atoms with E-state index in [4.69, 9.17) is 4.52 Å². The first-order valence-electron chi connectivity index (χ1n) is 7.77. The summed E-state index contributed by atoms with van der Waals surface area (Å²) in [6.45, 7) is 4.44. The zero-order valence-corrected chi connectivity index (χ0v) is 15.3. The van der Waals surface area contributed by atoms with Crippen LogP contribution in [0.2, 0.25) is 0 Å². The molecule has 0 bridgehead atoms. The fraction of sp³-hybridized carbons (Fsp3) is 0.118. The Morgan fingerprint density at radius 3 is 2.85 bits per heavy atom. The van der Waals surface area contributed by atoms with Gasteiger partial charge < -0.3 is 4.52 Å². The summed E-state index contributed by atoms with van der Waals surface area (Å²) in [5, 5.41) is 17.4. The van der Waals surface area contributed by atoms with Crippen molar-refractivity contribution in [3.8, 4) is 22.8 Å². The summed E-state index contributed by atoms with van der Waals surface area (Å²) < 4.78 is 7.32. The highest BCUT2D eigenvalue weighted by Gasteiger charge is 2.15. The van der Waals surface area contributed by atoms with Gasteiger partial charge >= 0.3 is 0 Å². The van der Waals surface area contributed by atoms with E-state index in [0.717, 1.165) is 22.1 Å². The Bertz CT molecular complexity index is 994. The van der Waals surface area contributed by atoms with Gasteiger partial charge in [-0.2, -0.15) is 16.3 Å². The molecule has 7 nitrogen and oxygen atoms in total. The first kappa shape index (κ1) is 16.7. The van der Waals surface area contributed by atoms with Crippen LogP contribution in [0.1, 0.15) is 5.82 Å². The summed E-state index contributed by atoms with van der Waals surface area (Å²) in [6.07, 6.45) is 5.29. The van der Waals surface area contributed by atoms with Gasteiger partial charge in [0.1, 0.15) is 0 Å². The fourth-order valence-electron chi connectivity index (χ4n) is 2.35. The van der Waals surface area contributed by atoms with E-state index in [1.807, 2.05) is 39.6 Å². The lowest BCUT2D eigenvalue weighted by Crippen LogP contribution is -2.01. The first-order chi connectivity index (χ1) is 12.8. The molecule has 0 saturated heterocycles. The van der Waals surface area contributed by atoms with Gasteiger partial charge in [-0.1, -0.05) is 23.0 Å². The maximum Gasteiger partial charge on any atom is 0.258 e. The molecule has 0 N–H and O–H groups in total. The van der Waals surface area contributed by atoms with E-state index in [1.54, 1.807) is 23.7 Å². The average molecular weight is 382 g/mol. The van der Waals surface area contributed by atoms with Crippen molar-refractivity contribution < 1.29 is 4.52 Å². The van der Waals surface area contributed by atoms with Gasteiger partial charge in [-0.3, -0.25) is 9.55 Å². The van der Waals surface area contributed by atoms with Gasteiger partial charge in [-0.15, -0.1) is 16.8 Å². The Balaban J connectivity index is 1.53. The Morgan fingerprint density at radius 1 is 1.19 bits per heavy atom. The molecule has 0 aromatic carbocycles. The van der Waals surface area contributed by atoms with E-state index in [9.17, 15) is 0 Å². The molecule has 0 amide bonds. The summed E-state index contributed by atoms with van der Waals surface area (Å²) in [4.78, 5) is 8.47. The molecule has 0 aliphatic rings. The molecule has 0 aliphatic heterocycles. The molecule has 9 heteroatoms. The molecule has 4 aromatic rings. The molecular formula is C17H14N6OS2. The van der Waals surface area contributed by atoms with Crippen molar-refractivity contribution in [2.24, 2.45) is 0 Å². The third-order valence-corrected chi connectivity index (χ3v) is 5.18. The average Bonchev–Trinajstić information content (AvgIpc) is 3.42. The van der Waals surface area contributed by atoms with Crippen molar-refractivity contribution in [3.63, 3.8) is 0 Å². The maximum absolute atomic E-state index is 5.32. The minimum Gasteiger partial charge on any atom is -0.334 e. The standard InChI is InChI=1S/C17H14N6OS2/c1-2-8-23-15(12-3-6-18-7-4-12)20-21-17(23)26-11-14-19-16(24-22-14)13-5-9-25-10-13/h2-7,9-10H,1,8,11H2. The molecule has 26 heavy (non-hydrogen) atoms. The second-order valence-electron chi connectivity index (χ2n) is 5.26. The molecule has 130 valence electrons. The normalized spacial score (nSPS) is 10.9. The Hall–Kier alpha value is -2.78.